The van der Waals surface area contributed by atoms with Crippen molar-refractivity contribution in [2.75, 3.05) is 11.5 Å². The molecule has 0 fully saturated rings. The highest BCUT2D eigenvalue weighted by atomic mass is 19.1. The molecule has 3 nitrogen and oxygen atoms in total. The molecule has 10 rings (SSSR count). The molecule has 0 saturated heterocycles. The van der Waals surface area contributed by atoms with E-state index in [-0.39, 0.29) is 75.5 Å². The second-order valence-corrected chi connectivity index (χ2v) is 26.5. The van der Waals surface area contributed by atoms with Crippen LogP contribution < -0.4 is 4.90 Å². The molecule has 11 unspecified atom stereocenters. The van der Waals surface area contributed by atoms with E-state index in [9.17, 15) is 0 Å². The van der Waals surface area contributed by atoms with Crippen molar-refractivity contribution < 1.29 is 9.13 Å². The van der Waals surface area contributed by atoms with Crippen molar-refractivity contribution in [3.8, 4) is 11.1 Å². The van der Waals surface area contributed by atoms with Gasteiger partial charge in [-0.25, -0.2) is 4.39 Å². The Morgan fingerprint density at radius 1 is 0.779 bits per heavy atom. The maximum atomic E-state index is 15.8. The van der Waals surface area contributed by atoms with E-state index < -0.39 is 5.67 Å². The normalized spacial score (nSPS) is 32.4. The van der Waals surface area contributed by atoms with Crippen LogP contribution in [0.4, 0.5) is 10.1 Å². The zero-order valence-corrected chi connectivity index (χ0v) is 44.0. The van der Waals surface area contributed by atoms with Crippen LogP contribution in [0, 0.1) is 46.8 Å². The minimum absolute atomic E-state index is 0.0194. The highest BCUT2D eigenvalue weighted by Gasteiger charge is 2.50. The fraction of sp³-hybridized carbons (Fsp3) is 0.531. The number of hydrogen-bond donors (Lipinski definition) is 0. The Morgan fingerprint density at radius 3 is 2.21 bits per heavy atom. The Hall–Kier alpha value is -4.41. The van der Waals surface area contributed by atoms with E-state index in [1.165, 1.54) is 61.5 Å². The average Bonchev–Trinajstić information content (AvgIpc) is 3.27. The van der Waals surface area contributed by atoms with Gasteiger partial charge in [0.05, 0.1) is 30.8 Å². The third kappa shape index (κ3) is 8.35. The standard InChI is InChI=1S/C64H81FN2O/c1-39-47-32-44(61(5,6)7)33-48(39)55-30-41(42-22-19-28-64(14,65)37-42)27-29-66(55)57-38-68-59-51(34-45(62(8,9)10)35-52(59)63(11,12)13)56-36-50(57)58-46(47)23-18-24-54(58)67(56)53-26-25-43(60(2,3)4)31-49(53)40-20-16-15-17-21-40/h15-21,23-29,32-36,41-43,49-50,52-53,55,57,59H,22,30-31,37-38H2,1-14H3. The van der Waals surface area contributed by atoms with E-state index in [1.54, 1.807) is 13.0 Å². The fourth-order valence-corrected chi connectivity index (χ4v) is 13.4. The number of benzene rings is 3. The molecule has 0 amide bonds. The molecule has 3 aliphatic carbocycles. The number of allylic oxidation sites excluding steroid dienone is 6. The summed E-state index contributed by atoms with van der Waals surface area (Å²) in [5.74, 6) is 1.43. The molecule has 0 radical (unpaired) electrons. The second-order valence-electron chi connectivity index (χ2n) is 26.5. The number of rotatable bonds is 3. The number of fused-ring (bicyclic) bond motifs is 8. The quantitative estimate of drug-likeness (QED) is 0.244. The summed E-state index contributed by atoms with van der Waals surface area (Å²) in [6.07, 6.45) is 25.2. The van der Waals surface area contributed by atoms with Gasteiger partial charge in [0.2, 0.25) is 0 Å². The molecular formula is C64H81FN2O. The SMILES string of the molecule is Cc1c2cc(C(C)(C)C)cc1C1CC(C3CC=CC(C)(F)C3)C=CN1C1COC3C(=CC(C(C)(C)C)=CC3C(C)(C)C)C3=CC1c1c-2cccc1N3C1C=CC(C(C)(C)C)CC1c1ccccc1. The first-order chi connectivity index (χ1) is 31.9. The minimum Gasteiger partial charge on any atom is -0.371 e. The van der Waals surface area contributed by atoms with Gasteiger partial charge in [-0.3, -0.25) is 0 Å². The van der Waals surface area contributed by atoms with Crippen molar-refractivity contribution in [2.24, 2.45) is 39.9 Å². The maximum absolute atomic E-state index is 15.8. The van der Waals surface area contributed by atoms with Crippen molar-refractivity contribution in [3.63, 3.8) is 0 Å². The second kappa shape index (κ2) is 16.6. The van der Waals surface area contributed by atoms with Gasteiger partial charge in [0.25, 0.3) is 0 Å². The van der Waals surface area contributed by atoms with E-state index in [2.05, 4.69) is 209 Å². The average molecular weight is 913 g/mol. The molecule has 0 spiro atoms. The molecule has 4 heteroatoms. The first-order valence-corrected chi connectivity index (χ1v) is 26.3. The smallest absolute Gasteiger partial charge is 0.126 e. The Bertz CT molecular complexity index is 2630. The van der Waals surface area contributed by atoms with Gasteiger partial charge in [-0.1, -0.05) is 186 Å². The van der Waals surface area contributed by atoms with E-state index in [4.69, 9.17) is 4.74 Å². The largest absolute Gasteiger partial charge is 0.371 e. The molecule has 7 aliphatic rings. The molecule has 4 heterocycles. The van der Waals surface area contributed by atoms with Crippen LogP contribution >= 0.6 is 0 Å². The van der Waals surface area contributed by atoms with E-state index in [0.29, 0.717) is 18.9 Å². The molecule has 3 aromatic carbocycles. The monoisotopic (exact) mass is 913 g/mol. The summed E-state index contributed by atoms with van der Waals surface area (Å²) < 4.78 is 23.6. The Kier molecular flexibility index (Phi) is 11.5. The van der Waals surface area contributed by atoms with E-state index in [1.807, 2.05) is 0 Å². The van der Waals surface area contributed by atoms with Crippen LogP contribution in [0.1, 0.15) is 161 Å². The van der Waals surface area contributed by atoms with Crippen LogP contribution in [0.3, 0.4) is 0 Å². The Morgan fingerprint density at radius 2 is 1.53 bits per heavy atom. The van der Waals surface area contributed by atoms with Crippen LogP contribution in [0.5, 0.6) is 0 Å². The molecule has 68 heavy (non-hydrogen) atoms. The molecular weight excluding hydrogens is 832 g/mol. The van der Waals surface area contributed by atoms with Gasteiger partial charge in [-0.05, 0) is 136 Å². The van der Waals surface area contributed by atoms with Crippen molar-refractivity contribution in [1.82, 2.24) is 4.90 Å². The summed E-state index contributed by atoms with van der Waals surface area (Å²) in [5, 5.41) is 0. The van der Waals surface area contributed by atoms with Crippen LogP contribution in [0.15, 0.2) is 132 Å². The molecule has 4 bridgehead atoms. The zero-order valence-electron chi connectivity index (χ0n) is 44.0. The highest BCUT2D eigenvalue weighted by Crippen LogP contribution is 2.58. The zero-order chi connectivity index (χ0) is 48.5. The van der Waals surface area contributed by atoms with Gasteiger partial charge in [-0.15, -0.1) is 0 Å². The lowest BCUT2D eigenvalue weighted by Crippen LogP contribution is -2.52. The van der Waals surface area contributed by atoms with Gasteiger partial charge in [0.1, 0.15) is 5.67 Å². The third-order valence-corrected chi connectivity index (χ3v) is 17.6. The molecule has 360 valence electrons. The van der Waals surface area contributed by atoms with Crippen molar-refractivity contribution in [3.05, 3.63) is 160 Å². The van der Waals surface area contributed by atoms with E-state index in [0.717, 1.165) is 19.3 Å². The van der Waals surface area contributed by atoms with E-state index >= 15 is 4.39 Å². The number of nitrogens with zero attached hydrogens (tertiary/aromatic N) is 2. The van der Waals surface area contributed by atoms with Crippen LogP contribution in [0.25, 0.3) is 11.1 Å². The predicted octanol–water partition coefficient (Wildman–Crippen LogP) is 16.4. The summed E-state index contributed by atoms with van der Waals surface area (Å²) in [6.45, 7) is 33.5. The van der Waals surface area contributed by atoms with Crippen LogP contribution in [-0.4, -0.2) is 35.4 Å². The van der Waals surface area contributed by atoms with Crippen LogP contribution in [-0.2, 0) is 10.2 Å². The Labute approximate surface area is 410 Å². The van der Waals surface area contributed by atoms with Gasteiger partial charge >= 0.3 is 0 Å². The first-order valence-electron chi connectivity index (χ1n) is 26.3. The lowest BCUT2D eigenvalue weighted by Gasteiger charge is -2.53. The molecule has 0 saturated carbocycles. The van der Waals surface area contributed by atoms with Crippen molar-refractivity contribution >= 4 is 5.69 Å². The van der Waals surface area contributed by atoms with Crippen LogP contribution in [0.2, 0.25) is 0 Å². The molecule has 4 aliphatic heterocycles. The number of halogens is 1. The van der Waals surface area contributed by atoms with Gasteiger partial charge < -0.3 is 14.5 Å². The molecule has 0 aromatic heterocycles. The highest BCUT2D eigenvalue weighted by molar-refractivity contribution is 5.83. The lowest BCUT2D eigenvalue weighted by molar-refractivity contribution is -0.0238. The van der Waals surface area contributed by atoms with Gasteiger partial charge in [0, 0.05) is 34.7 Å². The maximum Gasteiger partial charge on any atom is 0.126 e. The fourth-order valence-electron chi connectivity index (χ4n) is 13.4. The van der Waals surface area contributed by atoms with Crippen molar-refractivity contribution in [2.45, 2.75) is 170 Å². The summed E-state index contributed by atoms with van der Waals surface area (Å²) in [4.78, 5) is 5.55. The minimum atomic E-state index is -1.28. The van der Waals surface area contributed by atoms with Crippen molar-refractivity contribution in [1.29, 1.82) is 0 Å². The first kappa shape index (κ1) is 47.3. The number of hydrogen-bond acceptors (Lipinski definition) is 3. The summed E-state index contributed by atoms with van der Waals surface area (Å²) in [5.41, 5.74) is 13.7. The number of ether oxygens (including phenoxy) is 1. The lowest BCUT2D eigenvalue weighted by atomic mass is 9.66. The summed E-state index contributed by atoms with van der Waals surface area (Å²) in [6, 6.07) is 24.0. The summed E-state index contributed by atoms with van der Waals surface area (Å²) >= 11 is 0. The molecule has 0 N–H and O–H groups in total. The van der Waals surface area contributed by atoms with Gasteiger partial charge in [0.15, 0.2) is 0 Å². The third-order valence-electron chi connectivity index (χ3n) is 17.6. The number of alkyl halides is 1. The molecule has 3 aromatic rings. The summed E-state index contributed by atoms with van der Waals surface area (Å²) in [7, 11) is 0. The Balaban J connectivity index is 1.27. The molecule has 11 atom stereocenters. The topological polar surface area (TPSA) is 15.7 Å². The van der Waals surface area contributed by atoms with Gasteiger partial charge in [-0.2, -0.15) is 0 Å². The predicted molar refractivity (Wildman–Crippen MR) is 284 cm³/mol. The number of anilines is 1.